The molecule has 8 nitrogen and oxygen atoms in total. The minimum absolute atomic E-state index is 0.0687. The minimum atomic E-state index is -0.500. The number of nitro groups is 1. The van der Waals surface area contributed by atoms with Gasteiger partial charge in [0.1, 0.15) is 12.1 Å². The van der Waals surface area contributed by atoms with E-state index in [0.717, 1.165) is 30.4 Å². The van der Waals surface area contributed by atoms with Crippen molar-refractivity contribution in [2.24, 2.45) is 0 Å². The van der Waals surface area contributed by atoms with E-state index < -0.39 is 4.92 Å². The largest absolute Gasteiger partial charge is 0.434 e. The molecule has 1 saturated heterocycles. The average molecular weight is 393 g/mol. The molecule has 3 aromatic rings. The van der Waals surface area contributed by atoms with Crippen LogP contribution in [0.15, 0.2) is 48.8 Å². The van der Waals surface area contributed by atoms with E-state index in [9.17, 15) is 10.1 Å². The van der Waals surface area contributed by atoms with Crippen molar-refractivity contribution in [3.8, 4) is 11.6 Å². The van der Waals surface area contributed by atoms with E-state index in [4.69, 9.17) is 4.74 Å². The standard InChI is InChI=1S/C21H23N5O3/c27-26(28)19-20(22-10-13-25-11-4-1-5-12-25)23-15-24-21(19)29-18-9-8-16-6-2-3-7-17(16)14-18/h2-3,6-9,14-15H,1,4-5,10-13H2,(H,22,23,24). The Morgan fingerprint density at radius 3 is 2.66 bits per heavy atom. The van der Waals surface area contributed by atoms with E-state index in [1.807, 2.05) is 36.4 Å². The van der Waals surface area contributed by atoms with Crippen molar-refractivity contribution in [1.29, 1.82) is 0 Å². The predicted molar refractivity (Wildman–Crippen MR) is 111 cm³/mol. The van der Waals surface area contributed by atoms with Crippen LogP contribution in [0.5, 0.6) is 11.6 Å². The lowest BCUT2D eigenvalue weighted by molar-refractivity contribution is -0.385. The summed E-state index contributed by atoms with van der Waals surface area (Å²) in [7, 11) is 0. The monoisotopic (exact) mass is 393 g/mol. The zero-order chi connectivity index (χ0) is 20.1. The third kappa shape index (κ3) is 4.60. The number of nitrogens with zero attached hydrogens (tertiary/aromatic N) is 4. The maximum absolute atomic E-state index is 11.7. The molecule has 8 heteroatoms. The number of rotatable bonds is 7. The Morgan fingerprint density at radius 2 is 1.86 bits per heavy atom. The van der Waals surface area contributed by atoms with Crippen molar-refractivity contribution in [1.82, 2.24) is 14.9 Å². The Kier molecular flexibility index (Phi) is 5.81. The van der Waals surface area contributed by atoms with Crippen LogP contribution in [0.1, 0.15) is 19.3 Å². The summed E-state index contributed by atoms with van der Waals surface area (Å²) in [5.41, 5.74) is -0.251. The van der Waals surface area contributed by atoms with Gasteiger partial charge in [-0.2, -0.15) is 4.98 Å². The van der Waals surface area contributed by atoms with E-state index in [1.165, 1.54) is 25.6 Å². The van der Waals surface area contributed by atoms with Crippen molar-refractivity contribution >= 4 is 22.3 Å². The van der Waals surface area contributed by atoms with Crippen molar-refractivity contribution in [2.45, 2.75) is 19.3 Å². The fourth-order valence-corrected chi connectivity index (χ4v) is 3.59. The molecule has 0 atom stereocenters. The highest BCUT2D eigenvalue weighted by atomic mass is 16.6. The zero-order valence-electron chi connectivity index (χ0n) is 16.1. The smallest absolute Gasteiger partial charge is 0.373 e. The Balaban J connectivity index is 1.51. The molecule has 2 aromatic carbocycles. The number of ether oxygens (including phenoxy) is 1. The summed E-state index contributed by atoms with van der Waals surface area (Å²) in [5.74, 6) is 0.600. The second kappa shape index (κ2) is 8.83. The molecule has 0 unspecified atom stereocenters. The van der Waals surface area contributed by atoms with Gasteiger partial charge in [-0.05, 0) is 48.8 Å². The summed E-state index contributed by atoms with van der Waals surface area (Å²) in [6.45, 7) is 3.54. The molecular formula is C21H23N5O3. The van der Waals surface area contributed by atoms with Crippen LogP contribution in [0, 0.1) is 10.1 Å². The molecule has 0 spiro atoms. The highest BCUT2D eigenvalue weighted by Gasteiger charge is 2.25. The quantitative estimate of drug-likeness (QED) is 0.474. The van der Waals surface area contributed by atoms with Crippen LogP contribution in [-0.2, 0) is 0 Å². The van der Waals surface area contributed by atoms with Crippen molar-refractivity contribution in [3.63, 3.8) is 0 Å². The normalized spacial score (nSPS) is 14.6. The van der Waals surface area contributed by atoms with Crippen LogP contribution in [0.25, 0.3) is 10.8 Å². The molecule has 1 aliphatic heterocycles. The van der Waals surface area contributed by atoms with Gasteiger partial charge in [-0.25, -0.2) is 4.98 Å². The number of anilines is 1. The second-order valence-electron chi connectivity index (χ2n) is 7.07. The van der Waals surface area contributed by atoms with Crippen LogP contribution in [-0.4, -0.2) is 46.0 Å². The minimum Gasteiger partial charge on any atom is -0.434 e. The lowest BCUT2D eigenvalue weighted by Crippen LogP contribution is -2.33. The first-order valence-electron chi connectivity index (χ1n) is 9.83. The Hall–Kier alpha value is -3.26. The van der Waals surface area contributed by atoms with Gasteiger partial charge < -0.3 is 15.0 Å². The molecule has 29 heavy (non-hydrogen) atoms. The van der Waals surface area contributed by atoms with Gasteiger partial charge in [0.2, 0.25) is 5.82 Å². The third-order valence-electron chi connectivity index (χ3n) is 5.08. The fourth-order valence-electron chi connectivity index (χ4n) is 3.59. The highest BCUT2D eigenvalue weighted by molar-refractivity contribution is 5.83. The molecule has 0 amide bonds. The summed E-state index contributed by atoms with van der Waals surface area (Å²) in [6.07, 6.45) is 4.97. The summed E-state index contributed by atoms with van der Waals surface area (Å²) in [5, 5.41) is 16.8. The molecule has 2 heterocycles. The molecule has 0 saturated carbocycles. The fraction of sp³-hybridized carbons (Fsp3) is 0.333. The van der Waals surface area contributed by atoms with Crippen LogP contribution >= 0.6 is 0 Å². The molecule has 1 N–H and O–H groups in total. The number of benzene rings is 2. The number of piperidine rings is 1. The van der Waals surface area contributed by atoms with Crippen molar-refractivity contribution in [3.05, 3.63) is 58.9 Å². The molecule has 0 bridgehead atoms. The lowest BCUT2D eigenvalue weighted by Gasteiger charge is -2.26. The van der Waals surface area contributed by atoms with Crippen LogP contribution in [0.3, 0.4) is 0 Å². The van der Waals surface area contributed by atoms with Crippen LogP contribution in [0.2, 0.25) is 0 Å². The SMILES string of the molecule is O=[N+]([O-])c1c(NCCN2CCCCC2)ncnc1Oc1ccc2ccccc2c1. The summed E-state index contributed by atoms with van der Waals surface area (Å²) in [6, 6.07) is 13.4. The van der Waals surface area contributed by atoms with Gasteiger partial charge in [-0.1, -0.05) is 36.8 Å². The average Bonchev–Trinajstić information content (AvgIpc) is 2.74. The molecule has 150 valence electrons. The van der Waals surface area contributed by atoms with Gasteiger partial charge in [-0.3, -0.25) is 10.1 Å². The predicted octanol–water partition coefficient (Wildman–Crippen LogP) is 4.23. The molecule has 0 radical (unpaired) electrons. The van der Waals surface area contributed by atoms with Gasteiger partial charge in [0.25, 0.3) is 0 Å². The number of nitrogens with one attached hydrogen (secondary N) is 1. The molecule has 1 fully saturated rings. The van der Waals surface area contributed by atoms with Gasteiger partial charge in [0.15, 0.2) is 0 Å². The molecule has 0 aliphatic carbocycles. The highest BCUT2D eigenvalue weighted by Crippen LogP contribution is 2.34. The summed E-state index contributed by atoms with van der Waals surface area (Å²) in [4.78, 5) is 21.6. The molecule has 1 aliphatic rings. The van der Waals surface area contributed by atoms with E-state index >= 15 is 0 Å². The van der Waals surface area contributed by atoms with Gasteiger partial charge >= 0.3 is 11.6 Å². The maximum atomic E-state index is 11.7. The van der Waals surface area contributed by atoms with E-state index in [2.05, 4.69) is 20.2 Å². The van der Waals surface area contributed by atoms with Crippen LogP contribution in [0.4, 0.5) is 11.5 Å². The van der Waals surface area contributed by atoms with Crippen molar-refractivity contribution in [2.75, 3.05) is 31.5 Å². The Bertz CT molecular complexity index is 1000. The van der Waals surface area contributed by atoms with Gasteiger partial charge in [0, 0.05) is 13.1 Å². The molecular weight excluding hydrogens is 370 g/mol. The first-order chi connectivity index (χ1) is 14.2. The van der Waals surface area contributed by atoms with Crippen molar-refractivity contribution < 1.29 is 9.66 Å². The molecule has 1 aromatic heterocycles. The number of hydrogen-bond donors (Lipinski definition) is 1. The van der Waals surface area contributed by atoms with E-state index in [1.54, 1.807) is 6.07 Å². The van der Waals surface area contributed by atoms with Gasteiger partial charge in [-0.15, -0.1) is 0 Å². The topological polar surface area (TPSA) is 93.4 Å². The maximum Gasteiger partial charge on any atom is 0.373 e. The van der Waals surface area contributed by atoms with Crippen LogP contribution < -0.4 is 10.1 Å². The van der Waals surface area contributed by atoms with E-state index in [0.29, 0.717) is 12.3 Å². The van der Waals surface area contributed by atoms with E-state index in [-0.39, 0.29) is 17.4 Å². The number of likely N-dealkylation sites (tertiary alicyclic amines) is 1. The first kappa shape index (κ1) is 19.1. The lowest BCUT2D eigenvalue weighted by atomic mass is 10.1. The summed E-state index contributed by atoms with van der Waals surface area (Å²) >= 11 is 0. The first-order valence-corrected chi connectivity index (χ1v) is 9.83. The number of aromatic nitrogens is 2. The second-order valence-corrected chi connectivity index (χ2v) is 7.07. The Labute approximate surface area is 168 Å². The number of hydrogen-bond acceptors (Lipinski definition) is 7. The van der Waals surface area contributed by atoms with Gasteiger partial charge in [0.05, 0.1) is 4.92 Å². The zero-order valence-corrected chi connectivity index (χ0v) is 16.1. The third-order valence-corrected chi connectivity index (χ3v) is 5.08. The molecule has 4 rings (SSSR count). The summed E-state index contributed by atoms with van der Waals surface area (Å²) < 4.78 is 5.77. The Morgan fingerprint density at radius 1 is 1.07 bits per heavy atom. The number of fused-ring (bicyclic) bond motifs is 1.